The van der Waals surface area contributed by atoms with Gasteiger partial charge in [0, 0.05) is 13.7 Å². The lowest BCUT2D eigenvalue weighted by Gasteiger charge is -2.07. The number of methoxy groups -OCH3 is 1. The van der Waals surface area contributed by atoms with Gasteiger partial charge in [-0.2, -0.15) is 0 Å². The molecule has 98 valence electrons. The summed E-state index contributed by atoms with van der Waals surface area (Å²) < 4.78 is 17.9. The van der Waals surface area contributed by atoms with Crippen molar-refractivity contribution >= 4 is 28.6 Å². The number of nitrogens with one attached hydrogen (secondary N) is 2. The average molecular weight is 272 g/mol. The molecule has 4 nitrogen and oxygen atoms in total. The highest BCUT2D eigenvalue weighted by molar-refractivity contribution is 6.20. The van der Waals surface area contributed by atoms with Gasteiger partial charge >= 0.3 is 0 Å². The molecule has 2 N–H and O–H groups in total. The van der Waals surface area contributed by atoms with E-state index in [1.807, 2.05) is 0 Å². The molecule has 0 saturated carbocycles. The van der Waals surface area contributed by atoms with Gasteiger partial charge in [0.2, 0.25) is 5.95 Å². The second-order valence-electron chi connectivity index (χ2n) is 4.01. The molecule has 0 amide bonds. The van der Waals surface area contributed by atoms with Crippen molar-refractivity contribution in [2.75, 3.05) is 25.6 Å². The maximum absolute atomic E-state index is 13.0. The predicted molar refractivity (Wildman–Crippen MR) is 70.7 cm³/mol. The van der Waals surface area contributed by atoms with Crippen LogP contribution < -0.4 is 5.32 Å². The SMILES string of the molecule is COCC(Cl)CCNc1nc2ccc(F)cc2[nH]1. The van der Waals surface area contributed by atoms with E-state index in [-0.39, 0.29) is 11.2 Å². The van der Waals surface area contributed by atoms with Crippen LogP contribution in [0.4, 0.5) is 10.3 Å². The molecule has 0 aliphatic carbocycles. The highest BCUT2D eigenvalue weighted by atomic mass is 35.5. The fraction of sp³-hybridized carbons (Fsp3) is 0.417. The van der Waals surface area contributed by atoms with Crippen LogP contribution in [0.1, 0.15) is 6.42 Å². The van der Waals surface area contributed by atoms with E-state index in [9.17, 15) is 4.39 Å². The summed E-state index contributed by atoms with van der Waals surface area (Å²) in [4.78, 5) is 7.29. The van der Waals surface area contributed by atoms with Crippen LogP contribution in [0.15, 0.2) is 18.2 Å². The van der Waals surface area contributed by atoms with E-state index in [1.165, 1.54) is 12.1 Å². The maximum Gasteiger partial charge on any atom is 0.201 e. The van der Waals surface area contributed by atoms with E-state index >= 15 is 0 Å². The topological polar surface area (TPSA) is 49.9 Å². The van der Waals surface area contributed by atoms with Crippen molar-refractivity contribution in [2.45, 2.75) is 11.8 Å². The molecule has 0 radical (unpaired) electrons. The molecule has 18 heavy (non-hydrogen) atoms. The summed E-state index contributed by atoms with van der Waals surface area (Å²) in [5.74, 6) is 0.343. The number of anilines is 1. The first kappa shape index (κ1) is 13.1. The van der Waals surface area contributed by atoms with E-state index in [0.29, 0.717) is 24.6 Å². The van der Waals surface area contributed by atoms with Crippen LogP contribution in [0, 0.1) is 5.82 Å². The summed E-state index contributed by atoms with van der Waals surface area (Å²) in [5.41, 5.74) is 1.41. The van der Waals surface area contributed by atoms with Crippen LogP contribution in [0.5, 0.6) is 0 Å². The Morgan fingerprint density at radius 1 is 1.56 bits per heavy atom. The van der Waals surface area contributed by atoms with Gasteiger partial charge in [-0.3, -0.25) is 0 Å². The van der Waals surface area contributed by atoms with Gasteiger partial charge in [0.25, 0.3) is 0 Å². The van der Waals surface area contributed by atoms with Gasteiger partial charge < -0.3 is 15.0 Å². The third-order valence-electron chi connectivity index (χ3n) is 2.54. The molecule has 1 heterocycles. The Morgan fingerprint density at radius 2 is 2.39 bits per heavy atom. The number of nitrogens with zero attached hydrogens (tertiary/aromatic N) is 1. The fourth-order valence-corrected chi connectivity index (χ4v) is 1.91. The van der Waals surface area contributed by atoms with Crippen LogP contribution in [0.25, 0.3) is 11.0 Å². The fourth-order valence-electron chi connectivity index (χ4n) is 1.68. The summed E-state index contributed by atoms with van der Waals surface area (Å²) in [6.45, 7) is 1.20. The lowest BCUT2D eigenvalue weighted by Crippen LogP contribution is -2.13. The third kappa shape index (κ3) is 3.34. The number of hydrogen-bond acceptors (Lipinski definition) is 3. The lowest BCUT2D eigenvalue weighted by molar-refractivity contribution is 0.196. The third-order valence-corrected chi connectivity index (χ3v) is 2.89. The molecule has 1 atom stereocenters. The number of aromatic amines is 1. The van der Waals surface area contributed by atoms with Crippen molar-refractivity contribution in [3.05, 3.63) is 24.0 Å². The minimum Gasteiger partial charge on any atom is -0.383 e. The number of imidazole rings is 1. The molecule has 6 heteroatoms. The number of hydrogen-bond donors (Lipinski definition) is 2. The van der Waals surface area contributed by atoms with Crippen LogP contribution >= 0.6 is 11.6 Å². The summed E-state index contributed by atoms with van der Waals surface area (Å²) in [5, 5.41) is 3.09. The Morgan fingerprint density at radius 3 is 3.17 bits per heavy atom. The molecular weight excluding hydrogens is 257 g/mol. The number of ether oxygens (including phenoxy) is 1. The minimum atomic E-state index is -0.279. The zero-order chi connectivity index (χ0) is 13.0. The number of H-pyrrole nitrogens is 1. The lowest BCUT2D eigenvalue weighted by atomic mass is 10.3. The van der Waals surface area contributed by atoms with Gasteiger partial charge in [-0.25, -0.2) is 9.37 Å². The quantitative estimate of drug-likeness (QED) is 0.795. The first-order chi connectivity index (χ1) is 8.69. The molecule has 1 aromatic carbocycles. The average Bonchev–Trinajstić information content (AvgIpc) is 2.71. The molecule has 0 aliphatic rings. The van der Waals surface area contributed by atoms with Crippen molar-refractivity contribution in [1.29, 1.82) is 0 Å². The van der Waals surface area contributed by atoms with Crippen LogP contribution in [0.2, 0.25) is 0 Å². The van der Waals surface area contributed by atoms with Gasteiger partial charge in [0.15, 0.2) is 0 Å². The van der Waals surface area contributed by atoms with Crippen molar-refractivity contribution in [1.82, 2.24) is 9.97 Å². The summed E-state index contributed by atoms with van der Waals surface area (Å²) in [7, 11) is 1.62. The number of benzene rings is 1. The van der Waals surface area contributed by atoms with Crippen LogP contribution in [-0.2, 0) is 4.74 Å². The predicted octanol–water partition coefficient (Wildman–Crippen LogP) is 2.76. The van der Waals surface area contributed by atoms with Gasteiger partial charge in [0.1, 0.15) is 5.82 Å². The highest BCUT2D eigenvalue weighted by Crippen LogP contribution is 2.15. The van der Waals surface area contributed by atoms with E-state index in [1.54, 1.807) is 13.2 Å². The van der Waals surface area contributed by atoms with Gasteiger partial charge in [-0.05, 0) is 24.6 Å². The Bertz CT molecular complexity index is 517. The second kappa shape index (κ2) is 6.02. The Kier molecular flexibility index (Phi) is 4.38. The van der Waals surface area contributed by atoms with Gasteiger partial charge in [-0.15, -0.1) is 11.6 Å². The molecule has 0 spiro atoms. The summed E-state index contributed by atoms with van der Waals surface area (Å²) in [6, 6.07) is 4.45. The molecule has 1 aromatic heterocycles. The zero-order valence-corrected chi connectivity index (χ0v) is 10.8. The highest BCUT2D eigenvalue weighted by Gasteiger charge is 2.06. The molecule has 2 aromatic rings. The normalized spacial score (nSPS) is 12.8. The van der Waals surface area contributed by atoms with E-state index in [4.69, 9.17) is 16.3 Å². The first-order valence-corrected chi connectivity index (χ1v) is 6.15. The largest absolute Gasteiger partial charge is 0.383 e. The molecule has 0 bridgehead atoms. The standard InChI is InChI=1S/C12H15ClFN3O/c1-18-7-8(13)4-5-15-12-16-10-3-2-9(14)6-11(10)17-12/h2-3,6,8H,4-5,7H2,1H3,(H2,15,16,17). The maximum atomic E-state index is 13.0. The van der Waals surface area contributed by atoms with E-state index < -0.39 is 0 Å². The Balaban J connectivity index is 1.92. The first-order valence-electron chi connectivity index (χ1n) is 5.71. The van der Waals surface area contributed by atoms with E-state index in [0.717, 1.165) is 11.9 Å². The summed E-state index contributed by atoms with van der Waals surface area (Å²) >= 11 is 6.00. The number of aromatic nitrogens is 2. The van der Waals surface area contributed by atoms with E-state index in [2.05, 4.69) is 15.3 Å². The monoisotopic (exact) mass is 271 g/mol. The number of rotatable bonds is 6. The van der Waals surface area contributed by atoms with Gasteiger partial charge in [0.05, 0.1) is 23.0 Å². The van der Waals surface area contributed by atoms with Crippen molar-refractivity contribution in [2.24, 2.45) is 0 Å². The Hall–Kier alpha value is -1.33. The molecule has 0 aliphatic heterocycles. The number of alkyl halides is 1. The van der Waals surface area contributed by atoms with Crippen molar-refractivity contribution in [3.63, 3.8) is 0 Å². The molecule has 1 unspecified atom stereocenters. The molecule has 0 saturated heterocycles. The molecular formula is C12H15ClFN3O. The minimum absolute atomic E-state index is 0.0238. The van der Waals surface area contributed by atoms with Gasteiger partial charge in [-0.1, -0.05) is 0 Å². The zero-order valence-electron chi connectivity index (χ0n) is 10.0. The molecule has 0 fully saturated rings. The van der Waals surface area contributed by atoms with Crippen molar-refractivity contribution < 1.29 is 9.13 Å². The van der Waals surface area contributed by atoms with Crippen LogP contribution in [-0.4, -0.2) is 35.6 Å². The summed E-state index contributed by atoms with van der Waals surface area (Å²) in [6.07, 6.45) is 0.765. The Labute approximate surface area is 109 Å². The smallest absolute Gasteiger partial charge is 0.201 e. The van der Waals surface area contributed by atoms with Crippen LogP contribution in [0.3, 0.4) is 0 Å². The van der Waals surface area contributed by atoms with Crippen molar-refractivity contribution in [3.8, 4) is 0 Å². The number of fused-ring (bicyclic) bond motifs is 1. The number of halogens is 2. The second-order valence-corrected chi connectivity index (χ2v) is 4.63. The molecule has 2 rings (SSSR count).